The van der Waals surface area contributed by atoms with Gasteiger partial charge in [0.2, 0.25) is 0 Å². The first-order chi connectivity index (χ1) is 8.52. The molecule has 5 nitrogen and oxygen atoms in total. The Kier molecular flexibility index (Phi) is 5.71. The molecule has 0 aliphatic rings. The largest absolute Gasteiger partial charge is 0.326 e. The third kappa shape index (κ3) is 3.76. The van der Waals surface area contributed by atoms with Gasteiger partial charge in [-0.1, -0.05) is 25.8 Å². The molecule has 0 bridgehead atoms. The highest BCUT2D eigenvalue weighted by molar-refractivity contribution is 7.89. The molecule has 0 amide bonds. The van der Waals surface area contributed by atoms with E-state index in [4.69, 9.17) is 5.73 Å². The van der Waals surface area contributed by atoms with E-state index in [9.17, 15) is 8.42 Å². The Morgan fingerprint density at radius 1 is 1.33 bits per heavy atom. The molecule has 0 spiro atoms. The van der Waals surface area contributed by atoms with Gasteiger partial charge in [0, 0.05) is 26.3 Å². The lowest BCUT2D eigenvalue weighted by Gasteiger charge is -2.16. The molecule has 0 radical (unpaired) electrons. The fourth-order valence-electron chi connectivity index (χ4n) is 1.55. The molecular formula is C12H21N3O2S. The summed E-state index contributed by atoms with van der Waals surface area (Å²) in [6.45, 7) is 2.97. The van der Waals surface area contributed by atoms with Crippen molar-refractivity contribution in [2.45, 2.75) is 37.8 Å². The predicted molar refractivity (Wildman–Crippen MR) is 71.5 cm³/mol. The van der Waals surface area contributed by atoms with Crippen molar-refractivity contribution in [1.82, 2.24) is 9.29 Å². The van der Waals surface area contributed by atoms with Gasteiger partial charge in [-0.25, -0.2) is 13.4 Å². The summed E-state index contributed by atoms with van der Waals surface area (Å²) in [6, 6.07) is 3.20. The van der Waals surface area contributed by atoms with Crippen LogP contribution >= 0.6 is 0 Å². The van der Waals surface area contributed by atoms with Gasteiger partial charge in [-0.05, 0) is 18.1 Å². The summed E-state index contributed by atoms with van der Waals surface area (Å²) in [5, 5.41) is 0.0821. The van der Waals surface area contributed by atoms with Crippen LogP contribution in [0.5, 0.6) is 0 Å². The number of unbranched alkanes of at least 4 members (excludes halogenated alkanes) is 2. The third-order valence-corrected chi connectivity index (χ3v) is 4.56. The fraction of sp³-hybridized carbons (Fsp3) is 0.583. The maximum absolute atomic E-state index is 12.2. The molecule has 1 rings (SSSR count). The Morgan fingerprint density at radius 3 is 2.56 bits per heavy atom. The summed E-state index contributed by atoms with van der Waals surface area (Å²) in [5.41, 5.74) is 6.27. The first-order valence-electron chi connectivity index (χ1n) is 6.13. The van der Waals surface area contributed by atoms with Gasteiger partial charge in [0.15, 0.2) is 5.03 Å². The van der Waals surface area contributed by atoms with E-state index < -0.39 is 10.0 Å². The highest BCUT2D eigenvalue weighted by Gasteiger charge is 2.21. The number of sulfonamides is 1. The molecule has 2 N–H and O–H groups in total. The standard InChI is InChI=1S/C12H21N3O2S/c1-3-4-5-8-15(2)18(16,17)12-7-6-11(9-13)10-14-12/h6-7,10H,3-5,8-9,13H2,1-2H3. The van der Waals surface area contributed by atoms with Crippen LogP contribution in [0.15, 0.2) is 23.4 Å². The number of nitrogens with zero attached hydrogens (tertiary/aromatic N) is 2. The summed E-state index contributed by atoms with van der Waals surface area (Å²) in [5.74, 6) is 0. The van der Waals surface area contributed by atoms with Crippen LogP contribution in [0, 0.1) is 0 Å². The minimum Gasteiger partial charge on any atom is -0.326 e. The van der Waals surface area contributed by atoms with Gasteiger partial charge in [-0.2, -0.15) is 4.31 Å². The van der Waals surface area contributed by atoms with Crippen LogP contribution in [-0.4, -0.2) is 31.3 Å². The SMILES string of the molecule is CCCCCN(C)S(=O)(=O)c1ccc(CN)cn1. The van der Waals surface area contributed by atoms with Gasteiger partial charge >= 0.3 is 0 Å². The van der Waals surface area contributed by atoms with Gasteiger partial charge in [0.1, 0.15) is 0 Å². The molecule has 0 aromatic carbocycles. The van der Waals surface area contributed by atoms with Crippen LogP contribution in [-0.2, 0) is 16.6 Å². The van der Waals surface area contributed by atoms with Crippen molar-refractivity contribution < 1.29 is 8.42 Å². The number of rotatable bonds is 7. The van der Waals surface area contributed by atoms with E-state index >= 15 is 0 Å². The monoisotopic (exact) mass is 271 g/mol. The molecule has 0 saturated heterocycles. The quantitative estimate of drug-likeness (QED) is 0.759. The molecule has 102 valence electrons. The molecule has 0 atom stereocenters. The number of hydrogen-bond donors (Lipinski definition) is 1. The van der Waals surface area contributed by atoms with E-state index in [0.29, 0.717) is 13.1 Å². The van der Waals surface area contributed by atoms with E-state index in [1.54, 1.807) is 13.1 Å². The van der Waals surface area contributed by atoms with Gasteiger partial charge in [0.05, 0.1) is 0 Å². The summed E-state index contributed by atoms with van der Waals surface area (Å²) < 4.78 is 25.7. The lowest BCUT2D eigenvalue weighted by molar-refractivity contribution is 0.452. The zero-order valence-electron chi connectivity index (χ0n) is 11.0. The number of hydrogen-bond acceptors (Lipinski definition) is 4. The Bertz CT molecular complexity index is 457. The molecule has 0 aliphatic heterocycles. The van der Waals surface area contributed by atoms with Crippen molar-refractivity contribution in [3.63, 3.8) is 0 Å². The molecule has 0 saturated carbocycles. The Hall–Kier alpha value is -0.980. The maximum atomic E-state index is 12.2. The van der Waals surface area contributed by atoms with E-state index in [1.165, 1.54) is 16.6 Å². The first kappa shape index (κ1) is 15.1. The fourth-order valence-corrected chi connectivity index (χ4v) is 2.66. The van der Waals surface area contributed by atoms with Crippen molar-refractivity contribution >= 4 is 10.0 Å². The zero-order chi connectivity index (χ0) is 13.6. The molecule has 0 aliphatic carbocycles. The second-order valence-corrected chi connectivity index (χ2v) is 6.23. The second-order valence-electron chi connectivity index (χ2n) is 4.24. The molecular weight excluding hydrogens is 250 g/mol. The zero-order valence-corrected chi connectivity index (χ0v) is 11.8. The van der Waals surface area contributed by atoms with Crippen LogP contribution in [0.1, 0.15) is 31.7 Å². The Balaban J connectivity index is 2.77. The number of pyridine rings is 1. The molecule has 1 aromatic heterocycles. The molecule has 0 fully saturated rings. The highest BCUT2D eigenvalue weighted by atomic mass is 32.2. The van der Waals surface area contributed by atoms with Crippen LogP contribution in [0.4, 0.5) is 0 Å². The van der Waals surface area contributed by atoms with Crippen molar-refractivity contribution in [3.05, 3.63) is 23.9 Å². The molecule has 0 unspecified atom stereocenters. The average Bonchev–Trinajstić information content (AvgIpc) is 2.39. The molecule has 1 aromatic rings. The second kappa shape index (κ2) is 6.82. The van der Waals surface area contributed by atoms with Crippen LogP contribution in [0.2, 0.25) is 0 Å². The third-order valence-electron chi connectivity index (χ3n) is 2.78. The van der Waals surface area contributed by atoms with Crippen LogP contribution < -0.4 is 5.73 Å². The van der Waals surface area contributed by atoms with Gasteiger partial charge in [-0.3, -0.25) is 0 Å². The maximum Gasteiger partial charge on any atom is 0.260 e. The van der Waals surface area contributed by atoms with Crippen molar-refractivity contribution in [3.8, 4) is 0 Å². The van der Waals surface area contributed by atoms with E-state index in [2.05, 4.69) is 11.9 Å². The summed E-state index contributed by atoms with van der Waals surface area (Å²) in [4.78, 5) is 3.96. The summed E-state index contributed by atoms with van der Waals surface area (Å²) in [6.07, 6.45) is 4.47. The van der Waals surface area contributed by atoms with Crippen LogP contribution in [0.3, 0.4) is 0 Å². The smallest absolute Gasteiger partial charge is 0.260 e. The lowest BCUT2D eigenvalue weighted by atomic mass is 10.2. The Labute approximate surface area is 109 Å². The number of aromatic nitrogens is 1. The minimum absolute atomic E-state index is 0.0821. The minimum atomic E-state index is -3.46. The van der Waals surface area contributed by atoms with Gasteiger partial charge < -0.3 is 5.73 Å². The van der Waals surface area contributed by atoms with E-state index in [-0.39, 0.29) is 5.03 Å². The average molecular weight is 271 g/mol. The van der Waals surface area contributed by atoms with Crippen molar-refractivity contribution in [1.29, 1.82) is 0 Å². The van der Waals surface area contributed by atoms with Crippen LogP contribution in [0.25, 0.3) is 0 Å². The topological polar surface area (TPSA) is 76.3 Å². The van der Waals surface area contributed by atoms with Gasteiger partial charge in [0.25, 0.3) is 10.0 Å². The first-order valence-corrected chi connectivity index (χ1v) is 7.57. The van der Waals surface area contributed by atoms with Crippen molar-refractivity contribution in [2.24, 2.45) is 5.73 Å². The highest BCUT2D eigenvalue weighted by Crippen LogP contribution is 2.13. The van der Waals surface area contributed by atoms with Crippen molar-refractivity contribution in [2.75, 3.05) is 13.6 Å². The predicted octanol–water partition coefficient (Wildman–Crippen LogP) is 1.35. The summed E-state index contributed by atoms with van der Waals surface area (Å²) >= 11 is 0. The molecule has 1 heterocycles. The Morgan fingerprint density at radius 2 is 2.06 bits per heavy atom. The van der Waals surface area contributed by atoms with E-state index in [0.717, 1.165) is 24.8 Å². The lowest BCUT2D eigenvalue weighted by Crippen LogP contribution is -2.28. The number of nitrogens with two attached hydrogens (primary N) is 1. The summed E-state index contributed by atoms with van der Waals surface area (Å²) in [7, 11) is -1.88. The molecule has 18 heavy (non-hydrogen) atoms. The van der Waals surface area contributed by atoms with Gasteiger partial charge in [-0.15, -0.1) is 0 Å². The molecule has 6 heteroatoms. The normalized spacial score (nSPS) is 12.0. The van der Waals surface area contributed by atoms with E-state index in [1.807, 2.05) is 0 Å².